The molecule has 3 N–H and O–H groups in total. The Balaban J connectivity index is 2.23. The fourth-order valence-electron chi connectivity index (χ4n) is 2.39. The smallest absolute Gasteiger partial charge is 0.410 e. The minimum absolute atomic E-state index is 0.359. The molecule has 0 bridgehead atoms. The summed E-state index contributed by atoms with van der Waals surface area (Å²) in [6, 6.07) is 0. The number of nitrogens with zero attached hydrogens (tertiary/aromatic N) is 1. The summed E-state index contributed by atoms with van der Waals surface area (Å²) in [5, 5.41) is 9.01. The number of amides is 1. The summed E-state index contributed by atoms with van der Waals surface area (Å²) in [5.41, 5.74) is 6.87. The fourth-order valence-corrected chi connectivity index (χ4v) is 3.60. The van der Waals surface area contributed by atoms with Crippen molar-refractivity contribution in [1.82, 2.24) is 4.90 Å². The number of ketones is 1. The molecule has 1 aliphatic heterocycles. The summed E-state index contributed by atoms with van der Waals surface area (Å²) >= 11 is 1.26. The Morgan fingerprint density at radius 1 is 1.41 bits per heavy atom. The molecule has 1 aliphatic rings. The molecule has 1 aromatic rings. The van der Waals surface area contributed by atoms with E-state index in [-0.39, 0.29) is 11.9 Å². The number of carbonyl (C=O) groups excluding carboxylic acids is 2. The number of hydrogen-bond donors (Lipinski definition) is 2. The van der Waals surface area contributed by atoms with E-state index < -0.39 is 12.2 Å². The zero-order chi connectivity index (χ0) is 16.5. The molecule has 1 amide bonds. The second kappa shape index (κ2) is 6.26. The van der Waals surface area contributed by atoms with Crippen molar-refractivity contribution in [1.29, 1.82) is 0 Å². The minimum Gasteiger partial charge on any atom is -0.444 e. The van der Waals surface area contributed by atoms with Crippen LogP contribution >= 0.6 is 11.3 Å². The number of nitrogen functional groups attached to an aromatic ring is 1. The number of aliphatic hydroxyl groups excluding tert-OH is 1. The van der Waals surface area contributed by atoms with Gasteiger partial charge in [0, 0.05) is 11.4 Å². The van der Waals surface area contributed by atoms with Gasteiger partial charge in [-0.15, -0.1) is 11.3 Å². The van der Waals surface area contributed by atoms with Crippen LogP contribution in [-0.2, 0) is 17.7 Å². The Hall–Kier alpha value is -1.60. The number of aliphatic hydroxyl groups is 1. The Morgan fingerprint density at radius 2 is 2.09 bits per heavy atom. The minimum atomic E-state index is -0.556. The average molecular weight is 326 g/mol. The van der Waals surface area contributed by atoms with Crippen molar-refractivity contribution >= 4 is 28.9 Å². The summed E-state index contributed by atoms with van der Waals surface area (Å²) in [4.78, 5) is 26.9. The van der Waals surface area contributed by atoms with Crippen LogP contribution in [-0.4, -0.2) is 40.6 Å². The van der Waals surface area contributed by atoms with E-state index in [9.17, 15) is 9.59 Å². The number of ether oxygens (including phenoxy) is 1. The normalized spacial score (nSPS) is 15.2. The van der Waals surface area contributed by atoms with E-state index in [1.807, 2.05) is 20.8 Å². The van der Waals surface area contributed by atoms with Gasteiger partial charge in [-0.25, -0.2) is 4.79 Å². The van der Waals surface area contributed by atoms with E-state index >= 15 is 0 Å². The monoisotopic (exact) mass is 326 g/mol. The molecule has 7 heteroatoms. The molecule has 0 unspecified atom stereocenters. The third kappa shape index (κ3) is 3.59. The standard InChI is InChI=1S/C15H22N2O4S/c1-15(2,3)21-14(20)17-6-4-5-9-11(7-17)22-13(12(9)16)10(19)8-18/h18H,4-8,16H2,1-3H3. The number of Topliss-reactive ketones (excluding diaryl/α,β-unsaturated/α-hetero) is 1. The maximum atomic E-state index is 12.2. The van der Waals surface area contributed by atoms with Crippen LogP contribution in [0.2, 0.25) is 0 Å². The Morgan fingerprint density at radius 3 is 2.68 bits per heavy atom. The summed E-state index contributed by atoms with van der Waals surface area (Å²) in [6.45, 7) is 5.91. The molecular formula is C15H22N2O4S. The predicted octanol–water partition coefficient (Wildman–Crippen LogP) is 2.19. The fraction of sp³-hybridized carbons (Fsp3) is 0.600. The Labute approximate surface area is 133 Å². The van der Waals surface area contributed by atoms with Gasteiger partial charge in [-0.05, 0) is 39.2 Å². The summed E-state index contributed by atoms with van der Waals surface area (Å²) in [6.07, 6.45) is 1.12. The van der Waals surface area contributed by atoms with Crippen molar-refractivity contribution in [2.24, 2.45) is 0 Å². The van der Waals surface area contributed by atoms with Crippen molar-refractivity contribution in [3.05, 3.63) is 15.3 Å². The van der Waals surface area contributed by atoms with Gasteiger partial charge in [0.15, 0.2) is 5.78 Å². The van der Waals surface area contributed by atoms with E-state index in [1.54, 1.807) is 4.90 Å². The maximum Gasteiger partial charge on any atom is 0.410 e. The van der Waals surface area contributed by atoms with Crippen LogP contribution in [0.4, 0.5) is 10.5 Å². The largest absolute Gasteiger partial charge is 0.444 e. The van der Waals surface area contributed by atoms with Gasteiger partial charge in [-0.1, -0.05) is 0 Å². The van der Waals surface area contributed by atoms with Gasteiger partial charge in [0.25, 0.3) is 0 Å². The predicted molar refractivity (Wildman–Crippen MR) is 85.1 cm³/mol. The van der Waals surface area contributed by atoms with E-state index in [2.05, 4.69) is 0 Å². The lowest BCUT2D eigenvalue weighted by atomic mass is 10.1. The number of carbonyl (C=O) groups is 2. The third-order valence-electron chi connectivity index (χ3n) is 3.37. The van der Waals surface area contributed by atoms with Crippen molar-refractivity contribution in [3.8, 4) is 0 Å². The molecular weight excluding hydrogens is 304 g/mol. The molecule has 0 spiro atoms. The Kier molecular flexibility index (Phi) is 4.77. The quantitative estimate of drug-likeness (QED) is 0.813. The van der Waals surface area contributed by atoms with E-state index in [4.69, 9.17) is 15.6 Å². The van der Waals surface area contributed by atoms with Crippen molar-refractivity contribution < 1.29 is 19.4 Å². The average Bonchev–Trinajstić information content (AvgIpc) is 2.62. The number of nitrogens with two attached hydrogens (primary N) is 1. The summed E-state index contributed by atoms with van der Waals surface area (Å²) in [5.74, 6) is -0.376. The van der Waals surface area contributed by atoms with Crippen LogP contribution in [0, 0.1) is 0 Å². The molecule has 0 saturated carbocycles. The third-order valence-corrected chi connectivity index (χ3v) is 4.64. The van der Waals surface area contributed by atoms with Gasteiger partial charge in [0.1, 0.15) is 12.2 Å². The molecule has 0 radical (unpaired) electrons. The molecule has 1 aromatic heterocycles. The van der Waals surface area contributed by atoms with E-state index in [0.717, 1.165) is 23.3 Å². The first-order valence-electron chi connectivity index (χ1n) is 7.25. The zero-order valence-electron chi connectivity index (χ0n) is 13.1. The SMILES string of the molecule is CC(C)(C)OC(=O)N1CCCc2c(sc(C(=O)CO)c2N)C1. The Bertz CT molecular complexity index is 589. The molecule has 122 valence electrons. The van der Waals surface area contributed by atoms with Crippen molar-refractivity contribution in [2.45, 2.75) is 45.8 Å². The number of thiophene rings is 1. The lowest BCUT2D eigenvalue weighted by molar-refractivity contribution is 0.0238. The van der Waals surface area contributed by atoms with Gasteiger partial charge >= 0.3 is 6.09 Å². The molecule has 22 heavy (non-hydrogen) atoms. The molecule has 6 nitrogen and oxygen atoms in total. The number of rotatable bonds is 2. The molecule has 2 heterocycles. The maximum absolute atomic E-state index is 12.2. The number of anilines is 1. The molecule has 0 aliphatic carbocycles. The van der Waals surface area contributed by atoms with Crippen molar-refractivity contribution in [3.63, 3.8) is 0 Å². The van der Waals surface area contributed by atoms with Crippen LogP contribution in [0.3, 0.4) is 0 Å². The number of fused-ring (bicyclic) bond motifs is 1. The number of hydrogen-bond acceptors (Lipinski definition) is 6. The van der Waals surface area contributed by atoms with E-state index in [1.165, 1.54) is 11.3 Å². The van der Waals surface area contributed by atoms with Gasteiger partial charge in [-0.3, -0.25) is 4.79 Å². The van der Waals surface area contributed by atoms with Crippen molar-refractivity contribution in [2.75, 3.05) is 18.9 Å². The highest BCUT2D eigenvalue weighted by Gasteiger charge is 2.28. The van der Waals surface area contributed by atoms with Crippen LogP contribution in [0.15, 0.2) is 0 Å². The summed E-state index contributed by atoms with van der Waals surface area (Å²) in [7, 11) is 0. The topological polar surface area (TPSA) is 92.9 Å². The molecule has 2 rings (SSSR count). The molecule has 0 saturated heterocycles. The highest BCUT2D eigenvalue weighted by molar-refractivity contribution is 7.15. The van der Waals surface area contributed by atoms with Crippen LogP contribution in [0.25, 0.3) is 0 Å². The second-order valence-electron chi connectivity index (χ2n) is 6.33. The first-order valence-corrected chi connectivity index (χ1v) is 8.06. The lowest BCUT2D eigenvalue weighted by Crippen LogP contribution is -2.36. The van der Waals surface area contributed by atoms with Gasteiger partial charge < -0.3 is 20.5 Å². The summed E-state index contributed by atoms with van der Waals surface area (Å²) < 4.78 is 5.41. The molecule has 0 fully saturated rings. The van der Waals surface area contributed by atoms with Gasteiger partial charge in [0.2, 0.25) is 0 Å². The van der Waals surface area contributed by atoms with Crippen LogP contribution < -0.4 is 5.73 Å². The lowest BCUT2D eigenvalue weighted by Gasteiger charge is -2.26. The van der Waals surface area contributed by atoms with Crippen LogP contribution in [0.5, 0.6) is 0 Å². The first-order chi connectivity index (χ1) is 10.2. The first kappa shape index (κ1) is 16.8. The van der Waals surface area contributed by atoms with Gasteiger partial charge in [-0.2, -0.15) is 0 Å². The second-order valence-corrected chi connectivity index (χ2v) is 7.44. The van der Waals surface area contributed by atoms with Crippen LogP contribution in [0.1, 0.15) is 47.3 Å². The highest BCUT2D eigenvalue weighted by atomic mass is 32.1. The molecule has 0 aromatic carbocycles. The molecule has 0 atom stereocenters. The van der Waals surface area contributed by atoms with Gasteiger partial charge in [0.05, 0.1) is 17.1 Å². The zero-order valence-corrected chi connectivity index (χ0v) is 14.0. The van der Waals surface area contributed by atoms with E-state index in [0.29, 0.717) is 23.7 Å². The highest BCUT2D eigenvalue weighted by Crippen LogP contribution is 2.35.